The second-order valence-corrected chi connectivity index (χ2v) is 4.10. The second kappa shape index (κ2) is 3.15. The Morgan fingerprint density at radius 1 is 1.31 bits per heavy atom. The molecule has 1 aromatic rings. The zero-order valence-corrected chi connectivity index (χ0v) is 7.54. The second-order valence-electron chi connectivity index (χ2n) is 4.10. The van der Waals surface area contributed by atoms with Crippen molar-refractivity contribution in [2.24, 2.45) is 0 Å². The topological polar surface area (TPSA) is 20.2 Å². The normalized spacial score (nSPS) is 23.5. The summed E-state index contributed by atoms with van der Waals surface area (Å²) in [6.07, 6.45) is 0.596. The molecule has 1 aromatic carbocycles. The molecule has 1 nitrogen and oxygen atoms in total. The van der Waals surface area contributed by atoms with Crippen molar-refractivity contribution in [2.45, 2.75) is 39.2 Å². The predicted molar refractivity (Wildman–Crippen MR) is 55.9 cm³/mol. The summed E-state index contributed by atoms with van der Waals surface area (Å²) in [4.78, 5) is 0. The van der Waals surface area contributed by atoms with Crippen molar-refractivity contribution in [1.29, 1.82) is 0 Å². The van der Waals surface area contributed by atoms with Crippen molar-refractivity contribution in [3.8, 4) is 0 Å². The largest absolute Gasteiger partial charge is 0.392 e. The summed E-state index contributed by atoms with van der Waals surface area (Å²) >= 11 is 0. The van der Waals surface area contributed by atoms with Crippen LogP contribution in [0, 0.1) is 0 Å². The summed E-state index contributed by atoms with van der Waals surface area (Å²) < 4.78 is 0. The van der Waals surface area contributed by atoms with Crippen molar-refractivity contribution >= 4 is 0 Å². The average molecular weight is 178 g/mol. The minimum atomic E-state index is -0.213. The monoisotopic (exact) mass is 178 g/mol. The minimum absolute atomic E-state index is 0. The zero-order chi connectivity index (χ0) is 8.77. The molecule has 1 heteroatoms. The molecule has 1 N–H and O–H groups in total. The van der Waals surface area contributed by atoms with Crippen LogP contribution in [0.1, 0.15) is 32.4 Å². The molecule has 0 spiro atoms. The lowest BCUT2D eigenvalue weighted by molar-refractivity contribution is 0.116. The molecule has 72 valence electrons. The molecular formula is C12H18O. The Morgan fingerprint density at radius 3 is 2.54 bits per heavy atom. The number of rotatable bonds is 0. The molecule has 0 heterocycles. The van der Waals surface area contributed by atoms with E-state index < -0.39 is 0 Å². The highest BCUT2D eigenvalue weighted by Gasteiger charge is 2.37. The third-order valence-corrected chi connectivity index (χ3v) is 2.96. The van der Waals surface area contributed by atoms with Gasteiger partial charge in [0.05, 0.1) is 6.10 Å². The van der Waals surface area contributed by atoms with Crippen LogP contribution in [0.5, 0.6) is 0 Å². The molecule has 0 bridgehead atoms. The highest BCUT2D eigenvalue weighted by atomic mass is 16.3. The number of fused-ring (bicyclic) bond motifs is 1. The highest BCUT2D eigenvalue weighted by Crippen LogP contribution is 2.37. The predicted octanol–water partition coefficient (Wildman–Crippen LogP) is 2.52. The van der Waals surface area contributed by atoms with E-state index in [0.717, 1.165) is 6.42 Å². The first-order valence-corrected chi connectivity index (χ1v) is 4.39. The van der Waals surface area contributed by atoms with Gasteiger partial charge in [0.2, 0.25) is 0 Å². The van der Waals surface area contributed by atoms with Gasteiger partial charge >= 0.3 is 0 Å². The summed E-state index contributed by atoms with van der Waals surface area (Å²) in [7, 11) is 0. The van der Waals surface area contributed by atoms with Gasteiger partial charge in [-0.15, -0.1) is 0 Å². The zero-order valence-electron chi connectivity index (χ0n) is 7.54. The number of benzene rings is 1. The van der Waals surface area contributed by atoms with E-state index in [9.17, 15) is 5.11 Å². The molecule has 0 amide bonds. The summed E-state index contributed by atoms with van der Waals surface area (Å²) in [6.45, 7) is 4.20. The average Bonchev–Trinajstić information content (AvgIpc) is 2.25. The van der Waals surface area contributed by atoms with Gasteiger partial charge in [0, 0.05) is 5.41 Å². The van der Waals surface area contributed by atoms with E-state index >= 15 is 0 Å². The molecule has 2 rings (SSSR count). The first-order chi connectivity index (χ1) is 5.62. The number of aliphatic hydroxyl groups excluding tert-OH is 1. The Bertz CT molecular complexity index is 302. The van der Waals surface area contributed by atoms with Crippen molar-refractivity contribution in [3.63, 3.8) is 0 Å². The molecule has 1 atom stereocenters. The fourth-order valence-electron chi connectivity index (χ4n) is 1.97. The van der Waals surface area contributed by atoms with E-state index in [2.05, 4.69) is 26.0 Å². The maximum absolute atomic E-state index is 9.78. The van der Waals surface area contributed by atoms with Crippen LogP contribution in [-0.4, -0.2) is 11.2 Å². The van der Waals surface area contributed by atoms with Crippen LogP contribution in [0.3, 0.4) is 0 Å². The summed E-state index contributed by atoms with van der Waals surface area (Å²) in [5.74, 6) is 0. The summed E-state index contributed by atoms with van der Waals surface area (Å²) in [5, 5.41) is 9.78. The van der Waals surface area contributed by atoms with E-state index in [1.165, 1.54) is 11.1 Å². The summed E-state index contributed by atoms with van der Waals surface area (Å²) in [6, 6.07) is 8.30. The first-order valence-electron chi connectivity index (χ1n) is 4.39. The van der Waals surface area contributed by atoms with Crippen LogP contribution < -0.4 is 0 Å². The van der Waals surface area contributed by atoms with Gasteiger partial charge in [-0.1, -0.05) is 45.5 Å². The van der Waals surface area contributed by atoms with Crippen LogP contribution in [0.15, 0.2) is 24.3 Å². The van der Waals surface area contributed by atoms with Gasteiger partial charge in [0.25, 0.3) is 0 Å². The minimum Gasteiger partial charge on any atom is -0.392 e. The molecule has 0 aromatic heterocycles. The molecular weight excluding hydrogens is 160 g/mol. The third kappa shape index (κ3) is 1.37. The van der Waals surface area contributed by atoms with Gasteiger partial charge in [-0.3, -0.25) is 0 Å². The van der Waals surface area contributed by atoms with E-state index in [1.807, 2.05) is 12.1 Å². The first kappa shape index (κ1) is 10.3. The van der Waals surface area contributed by atoms with Gasteiger partial charge in [-0.2, -0.15) is 0 Å². The molecule has 1 unspecified atom stereocenters. The fourth-order valence-corrected chi connectivity index (χ4v) is 1.97. The van der Waals surface area contributed by atoms with Gasteiger partial charge < -0.3 is 5.11 Å². The van der Waals surface area contributed by atoms with Gasteiger partial charge in [0.1, 0.15) is 0 Å². The van der Waals surface area contributed by atoms with Crippen LogP contribution >= 0.6 is 0 Å². The van der Waals surface area contributed by atoms with E-state index in [-0.39, 0.29) is 18.9 Å². The Balaban J connectivity index is 0.000000845. The lowest BCUT2D eigenvalue weighted by Crippen LogP contribution is -2.28. The Labute approximate surface area is 80.4 Å². The molecule has 13 heavy (non-hydrogen) atoms. The lowest BCUT2D eigenvalue weighted by atomic mass is 9.85. The Morgan fingerprint density at radius 2 is 1.92 bits per heavy atom. The molecule has 1 aliphatic rings. The molecule has 0 radical (unpaired) electrons. The fraction of sp³-hybridized carbons (Fsp3) is 0.500. The van der Waals surface area contributed by atoms with Gasteiger partial charge in [-0.05, 0) is 17.5 Å². The van der Waals surface area contributed by atoms with Crippen molar-refractivity contribution in [2.75, 3.05) is 0 Å². The van der Waals surface area contributed by atoms with Crippen molar-refractivity contribution in [1.82, 2.24) is 0 Å². The molecule has 1 aliphatic carbocycles. The van der Waals surface area contributed by atoms with E-state index in [0.29, 0.717) is 0 Å². The number of hydrogen-bond acceptors (Lipinski definition) is 1. The molecule has 0 saturated carbocycles. The maximum atomic E-state index is 9.78. The number of aliphatic hydroxyl groups is 1. The van der Waals surface area contributed by atoms with Crippen LogP contribution in [0.25, 0.3) is 0 Å². The standard InChI is InChI=1S/C11H14O.CH4/c1-11(2)9-6-4-3-5-8(9)7-10(11)12;/h3-6,10,12H,7H2,1-2H3;1H4. The van der Waals surface area contributed by atoms with Gasteiger partial charge in [-0.25, -0.2) is 0 Å². The highest BCUT2D eigenvalue weighted by molar-refractivity contribution is 5.40. The third-order valence-electron chi connectivity index (χ3n) is 2.96. The van der Waals surface area contributed by atoms with Crippen LogP contribution in [0.2, 0.25) is 0 Å². The molecule has 0 aliphatic heterocycles. The number of hydrogen-bond donors (Lipinski definition) is 1. The summed E-state index contributed by atoms with van der Waals surface area (Å²) in [5.41, 5.74) is 2.55. The van der Waals surface area contributed by atoms with Crippen molar-refractivity contribution in [3.05, 3.63) is 35.4 Å². The molecule has 0 fully saturated rings. The Kier molecular flexibility index (Phi) is 2.49. The maximum Gasteiger partial charge on any atom is 0.0671 e. The van der Waals surface area contributed by atoms with Crippen molar-refractivity contribution < 1.29 is 5.11 Å². The quantitative estimate of drug-likeness (QED) is 0.647. The Hall–Kier alpha value is -0.820. The van der Waals surface area contributed by atoms with E-state index in [4.69, 9.17) is 0 Å². The van der Waals surface area contributed by atoms with Gasteiger partial charge in [0.15, 0.2) is 0 Å². The lowest BCUT2D eigenvalue weighted by Gasteiger charge is -2.23. The van der Waals surface area contributed by atoms with E-state index in [1.54, 1.807) is 0 Å². The van der Waals surface area contributed by atoms with Crippen LogP contribution in [0.4, 0.5) is 0 Å². The smallest absolute Gasteiger partial charge is 0.0671 e. The SMILES string of the molecule is C.CC1(C)c2ccccc2CC1O. The molecule has 0 saturated heterocycles. The van der Waals surface area contributed by atoms with Crippen LogP contribution in [-0.2, 0) is 11.8 Å².